The molecule has 2 aromatic carbocycles. The van der Waals surface area contributed by atoms with Crippen LogP contribution in [0.25, 0.3) is 17.0 Å². The number of para-hydroxylation sites is 1. The molecule has 4 rings (SSSR count). The van der Waals surface area contributed by atoms with E-state index in [1.165, 1.54) is 17.3 Å². The van der Waals surface area contributed by atoms with E-state index in [9.17, 15) is 4.79 Å². The van der Waals surface area contributed by atoms with Crippen molar-refractivity contribution in [2.45, 2.75) is 25.4 Å². The molecule has 2 heterocycles. The van der Waals surface area contributed by atoms with Gasteiger partial charge in [-0.2, -0.15) is 0 Å². The lowest BCUT2D eigenvalue weighted by atomic mass is 10.1. The fourth-order valence-corrected chi connectivity index (χ4v) is 4.29. The summed E-state index contributed by atoms with van der Waals surface area (Å²) in [5.74, 6) is 2.61. The normalized spacial score (nSPS) is 17.6. The van der Waals surface area contributed by atoms with Crippen molar-refractivity contribution in [3.8, 4) is 12.3 Å². The number of anilines is 1. The van der Waals surface area contributed by atoms with Crippen molar-refractivity contribution in [2.75, 3.05) is 5.32 Å². The third-order valence-electron chi connectivity index (χ3n) is 4.76. The monoisotopic (exact) mass is 387 g/mol. The summed E-state index contributed by atoms with van der Waals surface area (Å²) < 4.78 is 2.03. The maximum absolute atomic E-state index is 12.5. The first kappa shape index (κ1) is 18.3. The average molecular weight is 388 g/mol. The van der Waals surface area contributed by atoms with Crippen molar-refractivity contribution in [1.82, 2.24) is 9.88 Å². The van der Waals surface area contributed by atoms with Crippen LogP contribution < -0.4 is 10.6 Å². The van der Waals surface area contributed by atoms with Gasteiger partial charge in [0.15, 0.2) is 5.50 Å². The summed E-state index contributed by atoms with van der Waals surface area (Å²) in [6, 6.07) is 16.4. The molecule has 0 saturated carbocycles. The largest absolute Gasteiger partial charge is 0.357 e. The second-order valence-corrected chi connectivity index (χ2v) is 7.76. The van der Waals surface area contributed by atoms with E-state index in [0.717, 1.165) is 28.6 Å². The number of amides is 1. The number of rotatable bonds is 5. The first-order chi connectivity index (χ1) is 13.7. The van der Waals surface area contributed by atoms with Crippen LogP contribution in [0.1, 0.15) is 18.1 Å². The topological polar surface area (TPSA) is 46.1 Å². The minimum Gasteiger partial charge on any atom is -0.357 e. The molecule has 3 aromatic rings. The Hall–Kier alpha value is -3.10. The third-order valence-corrected chi connectivity index (χ3v) is 5.79. The quantitative estimate of drug-likeness (QED) is 0.503. The zero-order valence-electron chi connectivity index (χ0n) is 15.6. The minimum atomic E-state index is -0.190. The number of nitrogens with zero attached hydrogens (tertiary/aromatic N) is 1. The Balaban J connectivity index is 1.56. The van der Waals surface area contributed by atoms with Crippen LogP contribution in [0, 0.1) is 12.3 Å². The molecular formula is C23H21N3OS. The smallest absolute Gasteiger partial charge is 0.260 e. The van der Waals surface area contributed by atoms with Crippen molar-refractivity contribution in [3.63, 3.8) is 0 Å². The standard InChI is InChI=1S/C23H21N3OS/c1-3-13-26-15-17(19-7-5-6-8-20(19)26)14-21-22(27)25-23(28-21)24-18-11-9-16(4-2)10-12-18/h1,5-12,14-15,23-24H,4,13H2,2H3,(H,25,27)/b21-14-/t23-/m1/s1. The molecule has 1 aliphatic rings. The van der Waals surface area contributed by atoms with Crippen molar-refractivity contribution >= 4 is 40.3 Å². The molecule has 2 N–H and O–H groups in total. The molecule has 1 saturated heterocycles. The fourth-order valence-electron chi connectivity index (χ4n) is 3.31. The van der Waals surface area contributed by atoms with Crippen LogP contribution in [0.3, 0.4) is 0 Å². The van der Waals surface area contributed by atoms with Crippen LogP contribution in [-0.2, 0) is 17.8 Å². The zero-order chi connectivity index (χ0) is 19.5. The molecule has 5 heteroatoms. The van der Waals surface area contributed by atoms with Gasteiger partial charge >= 0.3 is 0 Å². The zero-order valence-corrected chi connectivity index (χ0v) is 16.4. The van der Waals surface area contributed by atoms with Gasteiger partial charge in [0.2, 0.25) is 0 Å². The minimum absolute atomic E-state index is 0.0681. The molecule has 140 valence electrons. The lowest BCUT2D eigenvalue weighted by molar-refractivity contribution is -0.116. The molecular weight excluding hydrogens is 366 g/mol. The van der Waals surface area contributed by atoms with Crippen LogP contribution in [0.5, 0.6) is 0 Å². The van der Waals surface area contributed by atoms with Crippen LogP contribution >= 0.6 is 11.8 Å². The van der Waals surface area contributed by atoms with Crippen LogP contribution in [0.2, 0.25) is 0 Å². The molecule has 4 nitrogen and oxygen atoms in total. The van der Waals surface area contributed by atoms with E-state index in [1.54, 1.807) is 0 Å². The Morgan fingerprint density at radius 3 is 2.79 bits per heavy atom. The van der Waals surface area contributed by atoms with E-state index in [4.69, 9.17) is 6.42 Å². The van der Waals surface area contributed by atoms with E-state index >= 15 is 0 Å². The highest BCUT2D eigenvalue weighted by molar-refractivity contribution is 8.05. The fraction of sp³-hybridized carbons (Fsp3) is 0.174. The number of hydrogen-bond donors (Lipinski definition) is 2. The van der Waals surface area contributed by atoms with Gasteiger partial charge in [0.1, 0.15) is 0 Å². The number of aromatic nitrogens is 1. The van der Waals surface area contributed by atoms with Gasteiger partial charge in [-0.15, -0.1) is 6.42 Å². The molecule has 0 unspecified atom stereocenters. The molecule has 0 spiro atoms. The summed E-state index contributed by atoms with van der Waals surface area (Å²) in [4.78, 5) is 13.2. The van der Waals surface area contributed by atoms with Gasteiger partial charge < -0.3 is 15.2 Å². The SMILES string of the molecule is C#CCn1cc(/C=C2\S[C@H](Nc3ccc(CC)cc3)NC2=O)c2ccccc21. The number of hydrogen-bond acceptors (Lipinski definition) is 3. The van der Waals surface area contributed by atoms with Gasteiger partial charge in [-0.1, -0.05) is 54.9 Å². The molecule has 0 radical (unpaired) electrons. The van der Waals surface area contributed by atoms with E-state index < -0.39 is 0 Å². The molecule has 0 bridgehead atoms. The Kier molecular flexibility index (Phi) is 5.14. The van der Waals surface area contributed by atoms with Gasteiger partial charge in [0.05, 0.1) is 11.4 Å². The van der Waals surface area contributed by atoms with Crippen molar-refractivity contribution in [1.29, 1.82) is 0 Å². The van der Waals surface area contributed by atoms with Crippen molar-refractivity contribution in [3.05, 3.63) is 70.8 Å². The summed E-state index contributed by atoms with van der Waals surface area (Å²) in [6.45, 7) is 2.63. The van der Waals surface area contributed by atoms with Crippen LogP contribution in [0.4, 0.5) is 5.69 Å². The number of benzene rings is 2. The highest BCUT2D eigenvalue weighted by Crippen LogP contribution is 2.32. The highest BCUT2D eigenvalue weighted by Gasteiger charge is 2.27. The van der Waals surface area contributed by atoms with Crippen molar-refractivity contribution in [2.24, 2.45) is 0 Å². The summed E-state index contributed by atoms with van der Waals surface area (Å²) >= 11 is 1.49. The predicted molar refractivity (Wildman–Crippen MR) is 118 cm³/mol. The lowest BCUT2D eigenvalue weighted by Crippen LogP contribution is -2.30. The summed E-state index contributed by atoms with van der Waals surface area (Å²) in [7, 11) is 0. The Morgan fingerprint density at radius 2 is 2.04 bits per heavy atom. The second kappa shape index (κ2) is 7.87. The maximum Gasteiger partial charge on any atom is 0.260 e. The lowest BCUT2D eigenvalue weighted by Gasteiger charge is -2.12. The number of nitrogens with one attached hydrogen (secondary N) is 2. The summed E-state index contributed by atoms with van der Waals surface area (Å²) in [6.07, 6.45) is 10.5. The number of fused-ring (bicyclic) bond motifs is 1. The first-order valence-corrected chi connectivity index (χ1v) is 10.1. The molecule has 28 heavy (non-hydrogen) atoms. The summed E-state index contributed by atoms with van der Waals surface area (Å²) in [5, 5.41) is 7.43. The van der Waals surface area contributed by atoms with Gasteiger partial charge in [0.25, 0.3) is 5.91 Å². The Bertz CT molecular complexity index is 1090. The predicted octanol–water partition coefficient (Wildman–Crippen LogP) is 4.44. The third kappa shape index (κ3) is 3.64. The van der Waals surface area contributed by atoms with E-state index in [1.807, 2.05) is 47.2 Å². The van der Waals surface area contributed by atoms with E-state index in [-0.39, 0.29) is 11.4 Å². The molecule has 1 fully saturated rings. The average Bonchev–Trinajstić information content (AvgIpc) is 3.23. The van der Waals surface area contributed by atoms with Gasteiger partial charge in [-0.25, -0.2) is 0 Å². The van der Waals surface area contributed by atoms with Gasteiger partial charge in [-0.05, 0) is 36.3 Å². The van der Waals surface area contributed by atoms with Gasteiger partial charge in [0, 0.05) is 28.4 Å². The molecule has 0 aliphatic carbocycles. The number of terminal acetylenes is 1. The van der Waals surface area contributed by atoms with E-state index in [2.05, 4.69) is 41.7 Å². The number of carbonyl (C=O) groups excluding carboxylic acids is 1. The van der Waals surface area contributed by atoms with Crippen molar-refractivity contribution < 1.29 is 4.79 Å². The van der Waals surface area contributed by atoms with Gasteiger partial charge in [-0.3, -0.25) is 4.79 Å². The molecule has 1 atom stereocenters. The summed E-state index contributed by atoms with van der Waals surface area (Å²) in [5.41, 5.74) is 4.16. The highest BCUT2D eigenvalue weighted by atomic mass is 32.2. The number of carbonyl (C=O) groups is 1. The second-order valence-electron chi connectivity index (χ2n) is 6.61. The van der Waals surface area contributed by atoms with Crippen LogP contribution in [-0.4, -0.2) is 16.0 Å². The number of thioether (sulfide) groups is 1. The number of aryl methyl sites for hydroxylation is 1. The Morgan fingerprint density at radius 1 is 1.25 bits per heavy atom. The Labute approximate surface area is 169 Å². The molecule has 1 aromatic heterocycles. The van der Waals surface area contributed by atoms with Crippen LogP contribution in [0.15, 0.2) is 59.6 Å². The molecule has 1 aliphatic heterocycles. The molecule has 1 amide bonds. The first-order valence-electron chi connectivity index (χ1n) is 9.24. The van der Waals surface area contributed by atoms with E-state index in [0.29, 0.717) is 11.4 Å². The maximum atomic E-state index is 12.5.